The summed E-state index contributed by atoms with van der Waals surface area (Å²) in [7, 11) is 3.25. The molecule has 0 saturated heterocycles. The van der Waals surface area contributed by atoms with E-state index >= 15 is 0 Å². The SMILES string of the molecule is COc1cc(C)c(NC(=O)C2C3CC4CC(C3)CC2C4)cc1OC. The van der Waals surface area contributed by atoms with E-state index in [4.69, 9.17) is 9.47 Å². The molecule has 4 saturated carbocycles. The van der Waals surface area contributed by atoms with Crippen LogP contribution in [0.15, 0.2) is 12.1 Å². The van der Waals surface area contributed by atoms with Gasteiger partial charge in [-0.15, -0.1) is 0 Å². The van der Waals surface area contributed by atoms with Crippen molar-refractivity contribution in [1.82, 2.24) is 0 Å². The highest BCUT2D eigenvalue weighted by molar-refractivity contribution is 5.94. The summed E-state index contributed by atoms with van der Waals surface area (Å²) in [4.78, 5) is 13.0. The zero-order valence-corrected chi connectivity index (χ0v) is 14.8. The number of benzene rings is 1. The van der Waals surface area contributed by atoms with Crippen LogP contribution in [0, 0.1) is 36.5 Å². The molecule has 0 heterocycles. The van der Waals surface area contributed by atoms with Gasteiger partial charge in [0.2, 0.25) is 5.91 Å². The van der Waals surface area contributed by atoms with Gasteiger partial charge in [0, 0.05) is 17.7 Å². The number of hydrogen-bond donors (Lipinski definition) is 1. The Kier molecular flexibility index (Phi) is 3.93. The van der Waals surface area contributed by atoms with Crippen molar-refractivity contribution in [1.29, 1.82) is 0 Å². The van der Waals surface area contributed by atoms with Gasteiger partial charge in [-0.1, -0.05) is 0 Å². The molecule has 4 nitrogen and oxygen atoms in total. The Bertz CT molecular complexity index is 627. The van der Waals surface area contributed by atoms with Crippen LogP contribution < -0.4 is 14.8 Å². The molecule has 0 spiro atoms. The lowest BCUT2D eigenvalue weighted by molar-refractivity contribution is -0.132. The molecule has 1 amide bonds. The molecule has 1 N–H and O–H groups in total. The van der Waals surface area contributed by atoms with Crippen LogP contribution in [0.4, 0.5) is 5.69 Å². The Balaban J connectivity index is 1.54. The van der Waals surface area contributed by atoms with E-state index in [1.54, 1.807) is 14.2 Å². The summed E-state index contributed by atoms with van der Waals surface area (Å²) < 4.78 is 10.7. The molecule has 1 aromatic rings. The van der Waals surface area contributed by atoms with E-state index in [-0.39, 0.29) is 11.8 Å². The van der Waals surface area contributed by atoms with Gasteiger partial charge < -0.3 is 14.8 Å². The summed E-state index contributed by atoms with van der Waals surface area (Å²) >= 11 is 0. The number of rotatable bonds is 4. The maximum Gasteiger partial charge on any atom is 0.228 e. The topological polar surface area (TPSA) is 47.6 Å². The normalized spacial score (nSPS) is 33.4. The van der Waals surface area contributed by atoms with E-state index in [0.717, 1.165) is 23.1 Å². The van der Waals surface area contributed by atoms with E-state index in [1.165, 1.54) is 32.1 Å². The van der Waals surface area contributed by atoms with Crippen LogP contribution >= 0.6 is 0 Å². The second-order valence-corrected chi connectivity index (χ2v) is 7.97. The minimum atomic E-state index is 0.199. The molecular formula is C20H27NO3. The molecule has 24 heavy (non-hydrogen) atoms. The second kappa shape index (κ2) is 5.98. The van der Waals surface area contributed by atoms with Crippen molar-refractivity contribution >= 4 is 11.6 Å². The molecule has 0 atom stereocenters. The molecule has 4 heteroatoms. The number of ether oxygens (including phenoxy) is 2. The van der Waals surface area contributed by atoms with Crippen molar-refractivity contribution in [2.45, 2.75) is 39.0 Å². The lowest BCUT2D eigenvalue weighted by Gasteiger charge is -2.53. The minimum Gasteiger partial charge on any atom is -0.493 e. The molecule has 4 aliphatic carbocycles. The van der Waals surface area contributed by atoms with Crippen molar-refractivity contribution in [2.24, 2.45) is 29.6 Å². The predicted molar refractivity (Wildman–Crippen MR) is 93.4 cm³/mol. The van der Waals surface area contributed by atoms with Gasteiger partial charge in [-0.05, 0) is 74.3 Å². The number of carbonyl (C=O) groups is 1. The number of amides is 1. The fourth-order valence-corrected chi connectivity index (χ4v) is 5.68. The summed E-state index contributed by atoms with van der Waals surface area (Å²) in [6.07, 6.45) is 6.45. The summed E-state index contributed by atoms with van der Waals surface area (Å²) in [5, 5.41) is 3.19. The van der Waals surface area contributed by atoms with Gasteiger partial charge in [-0.3, -0.25) is 4.79 Å². The van der Waals surface area contributed by atoms with Crippen LogP contribution in [0.5, 0.6) is 11.5 Å². The first-order valence-electron chi connectivity index (χ1n) is 9.12. The van der Waals surface area contributed by atoms with Crippen LogP contribution in [0.2, 0.25) is 0 Å². The second-order valence-electron chi connectivity index (χ2n) is 7.97. The van der Waals surface area contributed by atoms with Gasteiger partial charge in [0.15, 0.2) is 11.5 Å². The van der Waals surface area contributed by atoms with Crippen LogP contribution in [0.3, 0.4) is 0 Å². The lowest BCUT2D eigenvalue weighted by atomic mass is 9.51. The van der Waals surface area contributed by atoms with Crippen molar-refractivity contribution in [2.75, 3.05) is 19.5 Å². The molecule has 1 aromatic carbocycles. The number of carbonyl (C=O) groups excluding carboxylic acids is 1. The first-order valence-corrected chi connectivity index (χ1v) is 9.12. The smallest absolute Gasteiger partial charge is 0.228 e. The molecule has 0 unspecified atom stereocenters. The third-order valence-electron chi connectivity index (χ3n) is 6.52. The molecule has 0 radical (unpaired) electrons. The zero-order valence-electron chi connectivity index (χ0n) is 14.8. The zero-order chi connectivity index (χ0) is 16.8. The number of nitrogens with one attached hydrogen (secondary N) is 1. The molecule has 4 bridgehead atoms. The van der Waals surface area contributed by atoms with Gasteiger partial charge in [0.1, 0.15) is 0 Å². The predicted octanol–water partition coefficient (Wildman–Crippen LogP) is 4.02. The lowest BCUT2D eigenvalue weighted by Crippen LogP contribution is -2.49. The van der Waals surface area contributed by atoms with Gasteiger partial charge in [-0.2, -0.15) is 0 Å². The molecule has 4 fully saturated rings. The first kappa shape index (κ1) is 15.8. The molecular weight excluding hydrogens is 302 g/mol. The molecule has 0 aromatic heterocycles. The quantitative estimate of drug-likeness (QED) is 0.907. The number of anilines is 1. The van der Waals surface area contributed by atoms with Crippen LogP contribution in [-0.4, -0.2) is 20.1 Å². The molecule has 4 aliphatic rings. The Hall–Kier alpha value is -1.71. The van der Waals surface area contributed by atoms with Crippen LogP contribution in [-0.2, 0) is 4.79 Å². The van der Waals surface area contributed by atoms with Crippen LogP contribution in [0.1, 0.15) is 37.7 Å². The number of methoxy groups -OCH3 is 2. The average molecular weight is 329 g/mol. The molecule has 0 aliphatic heterocycles. The molecule has 130 valence electrons. The third-order valence-corrected chi connectivity index (χ3v) is 6.52. The Morgan fingerprint density at radius 1 is 0.958 bits per heavy atom. The van der Waals surface area contributed by atoms with E-state index < -0.39 is 0 Å². The van der Waals surface area contributed by atoms with E-state index in [1.807, 2.05) is 19.1 Å². The summed E-state index contributed by atoms with van der Waals surface area (Å²) in [5.74, 6) is 4.73. The van der Waals surface area contributed by atoms with Crippen molar-refractivity contribution in [3.05, 3.63) is 17.7 Å². The highest BCUT2D eigenvalue weighted by Gasteiger charge is 2.50. The number of aryl methyl sites for hydroxylation is 1. The monoisotopic (exact) mass is 329 g/mol. The first-order chi connectivity index (χ1) is 11.6. The standard InChI is InChI=1S/C20H27NO3/c1-11-4-17(23-2)18(24-3)10-16(11)21-20(22)19-14-6-12-5-13(8-14)9-15(19)7-12/h4,10,12-15,19H,5-9H2,1-3H3,(H,21,22). The maximum absolute atomic E-state index is 13.0. The van der Waals surface area contributed by atoms with Crippen molar-refractivity contribution < 1.29 is 14.3 Å². The minimum absolute atomic E-state index is 0.199. The van der Waals surface area contributed by atoms with E-state index in [0.29, 0.717) is 23.3 Å². The summed E-state index contributed by atoms with van der Waals surface area (Å²) in [6.45, 7) is 1.99. The van der Waals surface area contributed by atoms with Gasteiger partial charge >= 0.3 is 0 Å². The van der Waals surface area contributed by atoms with E-state index in [2.05, 4.69) is 5.32 Å². The highest BCUT2D eigenvalue weighted by Crippen LogP contribution is 2.56. The largest absolute Gasteiger partial charge is 0.493 e. The van der Waals surface area contributed by atoms with Crippen LogP contribution in [0.25, 0.3) is 0 Å². The molecule has 5 rings (SSSR count). The Morgan fingerprint density at radius 2 is 1.50 bits per heavy atom. The average Bonchev–Trinajstić information content (AvgIpc) is 2.55. The fourth-order valence-electron chi connectivity index (χ4n) is 5.68. The third kappa shape index (κ3) is 2.56. The Morgan fingerprint density at radius 3 is 2.04 bits per heavy atom. The maximum atomic E-state index is 13.0. The van der Waals surface area contributed by atoms with Gasteiger partial charge in [-0.25, -0.2) is 0 Å². The Labute approximate surface area is 143 Å². The van der Waals surface area contributed by atoms with Crippen molar-refractivity contribution in [3.8, 4) is 11.5 Å². The summed E-state index contributed by atoms with van der Waals surface area (Å²) in [6, 6.07) is 3.80. The van der Waals surface area contributed by atoms with E-state index in [9.17, 15) is 4.79 Å². The van der Waals surface area contributed by atoms with Gasteiger partial charge in [0.25, 0.3) is 0 Å². The van der Waals surface area contributed by atoms with Gasteiger partial charge in [0.05, 0.1) is 14.2 Å². The highest BCUT2D eigenvalue weighted by atomic mass is 16.5. The summed E-state index contributed by atoms with van der Waals surface area (Å²) in [5.41, 5.74) is 1.84. The fraction of sp³-hybridized carbons (Fsp3) is 0.650. The van der Waals surface area contributed by atoms with Crippen molar-refractivity contribution in [3.63, 3.8) is 0 Å². The number of hydrogen-bond acceptors (Lipinski definition) is 3.